The largest absolute Gasteiger partial charge is 0.219 e. The van der Waals surface area contributed by atoms with Crippen LogP contribution >= 0.6 is 0 Å². The Labute approximate surface area is 70.3 Å². The first-order valence-corrected chi connectivity index (χ1v) is 4.74. The van der Waals surface area contributed by atoms with Gasteiger partial charge in [0.2, 0.25) is 9.84 Å². The van der Waals surface area contributed by atoms with Gasteiger partial charge in [0.1, 0.15) is 10.7 Å². The van der Waals surface area contributed by atoms with Gasteiger partial charge in [-0.3, -0.25) is 0 Å². The molecular formula is C8H7FO2S. The fourth-order valence-corrected chi connectivity index (χ4v) is 1.55. The van der Waals surface area contributed by atoms with Crippen LogP contribution in [0.4, 0.5) is 4.39 Å². The Hall–Kier alpha value is -1.16. The van der Waals surface area contributed by atoms with E-state index in [1.165, 1.54) is 18.2 Å². The molecule has 2 nitrogen and oxygen atoms in total. The highest BCUT2D eigenvalue weighted by molar-refractivity contribution is 7.94. The molecule has 1 aromatic carbocycles. The summed E-state index contributed by atoms with van der Waals surface area (Å²) in [5.41, 5.74) is 0. The molecule has 12 heavy (non-hydrogen) atoms. The molecule has 0 aliphatic heterocycles. The lowest BCUT2D eigenvalue weighted by atomic mass is 10.4. The number of rotatable bonds is 2. The van der Waals surface area contributed by atoms with Crippen LogP contribution in [0.1, 0.15) is 0 Å². The van der Waals surface area contributed by atoms with Crippen molar-refractivity contribution in [2.75, 3.05) is 0 Å². The molecule has 0 N–H and O–H groups in total. The average molecular weight is 186 g/mol. The standard InChI is InChI=1S/C8H7FO2S/c1-2-12(10,11)8-6-4-3-5-7(8)9/h2-6H,1H2. The maximum absolute atomic E-state index is 12.8. The second-order valence-electron chi connectivity index (χ2n) is 2.14. The van der Waals surface area contributed by atoms with Gasteiger partial charge in [-0.15, -0.1) is 0 Å². The molecule has 1 aromatic rings. The molecule has 64 valence electrons. The Balaban J connectivity index is 3.39. The third kappa shape index (κ3) is 1.53. The SMILES string of the molecule is C=CS(=O)(=O)c1ccccc1F. The summed E-state index contributed by atoms with van der Waals surface area (Å²) in [5.74, 6) is -0.752. The quantitative estimate of drug-likeness (QED) is 0.705. The Morgan fingerprint density at radius 1 is 1.33 bits per heavy atom. The molecule has 4 heteroatoms. The van der Waals surface area contributed by atoms with E-state index in [-0.39, 0.29) is 4.90 Å². The molecule has 0 saturated carbocycles. The summed E-state index contributed by atoms with van der Waals surface area (Å²) in [4.78, 5) is -0.333. The molecule has 1 rings (SSSR count). The van der Waals surface area contributed by atoms with Gasteiger partial charge in [0, 0.05) is 5.41 Å². The van der Waals surface area contributed by atoms with Crippen molar-refractivity contribution in [3.63, 3.8) is 0 Å². The molecule has 0 aliphatic carbocycles. The lowest BCUT2D eigenvalue weighted by molar-refractivity contribution is 0.572. The van der Waals surface area contributed by atoms with Crippen LogP contribution in [0, 0.1) is 5.82 Å². The van der Waals surface area contributed by atoms with Gasteiger partial charge in [0.25, 0.3) is 0 Å². The monoisotopic (exact) mass is 186 g/mol. The molecular weight excluding hydrogens is 179 g/mol. The molecule has 0 radical (unpaired) electrons. The van der Waals surface area contributed by atoms with E-state index >= 15 is 0 Å². The Morgan fingerprint density at radius 2 is 1.92 bits per heavy atom. The van der Waals surface area contributed by atoms with E-state index in [0.29, 0.717) is 0 Å². The van der Waals surface area contributed by atoms with Gasteiger partial charge < -0.3 is 0 Å². The van der Waals surface area contributed by atoms with E-state index in [0.717, 1.165) is 11.5 Å². The number of hydrogen-bond acceptors (Lipinski definition) is 2. The van der Waals surface area contributed by atoms with Crippen LogP contribution in [0.2, 0.25) is 0 Å². The van der Waals surface area contributed by atoms with Crippen LogP contribution in [0.3, 0.4) is 0 Å². The van der Waals surface area contributed by atoms with E-state index in [4.69, 9.17) is 0 Å². The second-order valence-corrected chi connectivity index (χ2v) is 4.01. The molecule has 0 unspecified atom stereocenters. The van der Waals surface area contributed by atoms with Crippen LogP contribution in [0.15, 0.2) is 41.1 Å². The minimum absolute atomic E-state index is 0.333. The van der Waals surface area contributed by atoms with Gasteiger partial charge in [0.05, 0.1) is 0 Å². The summed E-state index contributed by atoms with van der Waals surface area (Å²) in [6.07, 6.45) is 0. The Morgan fingerprint density at radius 3 is 2.42 bits per heavy atom. The molecule has 0 saturated heterocycles. The number of sulfone groups is 1. The van der Waals surface area contributed by atoms with Crippen LogP contribution < -0.4 is 0 Å². The van der Waals surface area contributed by atoms with E-state index in [1.807, 2.05) is 0 Å². The van der Waals surface area contributed by atoms with Crippen LogP contribution in [0.5, 0.6) is 0 Å². The summed E-state index contributed by atoms with van der Waals surface area (Å²) in [6.45, 7) is 3.10. The van der Waals surface area contributed by atoms with Crippen LogP contribution in [-0.4, -0.2) is 8.42 Å². The highest BCUT2D eigenvalue weighted by atomic mass is 32.2. The van der Waals surface area contributed by atoms with Gasteiger partial charge in [-0.25, -0.2) is 12.8 Å². The smallest absolute Gasteiger partial charge is 0.202 e. The molecule has 0 spiro atoms. The van der Waals surface area contributed by atoms with E-state index < -0.39 is 15.7 Å². The predicted molar refractivity (Wildman–Crippen MR) is 43.8 cm³/mol. The molecule has 0 atom stereocenters. The maximum Gasteiger partial charge on any atom is 0.202 e. The highest BCUT2D eigenvalue weighted by Gasteiger charge is 2.13. The van der Waals surface area contributed by atoms with Crippen molar-refractivity contribution in [2.45, 2.75) is 4.90 Å². The van der Waals surface area contributed by atoms with Crippen molar-refractivity contribution in [1.29, 1.82) is 0 Å². The zero-order valence-electron chi connectivity index (χ0n) is 6.20. The minimum Gasteiger partial charge on any atom is -0.219 e. The summed E-state index contributed by atoms with van der Waals surface area (Å²) < 4.78 is 35.0. The number of hydrogen-bond donors (Lipinski definition) is 0. The van der Waals surface area contributed by atoms with Gasteiger partial charge in [0.15, 0.2) is 0 Å². The molecule has 0 fully saturated rings. The molecule has 0 heterocycles. The molecule has 0 aromatic heterocycles. The van der Waals surface area contributed by atoms with Gasteiger partial charge in [-0.1, -0.05) is 18.7 Å². The Bertz CT molecular complexity index is 395. The van der Waals surface area contributed by atoms with Crippen molar-refractivity contribution in [3.05, 3.63) is 42.1 Å². The predicted octanol–water partition coefficient (Wildman–Crippen LogP) is 1.74. The van der Waals surface area contributed by atoms with Gasteiger partial charge in [-0.05, 0) is 12.1 Å². The third-order valence-corrected chi connectivity index (χ3v) is 2.75. The van der Waals surface area contributed by atoms with E-state index in [2.05, 4.69) is 6.58 Å². The fraction of sp³-hybridized carbons (Fsp3) is 0. The summed E-state index contributed by atoms with van der Waals surface area (Å²) >= 11 is 0. The zero-order valence-corrected chi connectivity index (χ0v) is 7.01. The van der Waals surface area contributed by atoms with Crippen molar-refractivity contribution >= 4 is 9.84 Å². The second kappa shape index (κ2) is 3.06. The first-order valence-electron chi connectivity index (χ1n) is 3.20. The maximum atomic E-state index is 12.8. The minimum atomic E-state index is -3.64. The van der Waals surface area contributed by atoms with E-state index in [1.54, 1.807) is 0 Å². The zero-order chi connectivity index (χ0) is 9.19. The van der Waals surface area contributed by atoms with Crippen LogP contribution in [-0.2, 0) is 9.84 Å². The number of benzene rings is 1. The van der Waals surface area contributed by atoms with Gasteiger partial charge >= 0.3 is 0 Å². The lowest BCUT2D eigenvalue weighted by Crippen LogP contribution is -1.98. The molecule has 0 amide bonds. The Kier molecular flexibility index (Phi) is 2.28. The van der Waals surface area contributed by atoms with Crippen LogP contribution in [0.25, 0.3) is 0 Å². The first-order chi connectivity index (χ1) is 5.58. The van der Waals surface area contributed by atoms with Gasteiger partial charge in [-0.2, -0.15) is 0 Å². The number of halogens is 1. The molecule has 0 aliphatic rings. The van der Waals surface area contributed by atoms with Crippen molar-refractivity contribution < 1.29 is 12.8 Å². The first kappa shape index (κ1) is 8.93. The van der Waals surface area contributed by atoms with Crippen molar-refractivity contribution in [2.24, 2.45) is 0 Å². The third-order valence-electron chi connectivity index (χ3n) is 1.36. The van der Waals surface area contributed by atoms with E-state index in [9.17, 15) is 12.8 Å². The summed E-state index contributed by atoms with van der Waals surface area (Å²) in [7, 11) is -3.64. The van der Waals surface area contributed by atoms with Crippen molar-refractivity contribution in [3.8, 4) is 0 Å². The molecule has 0 bridgehead atoms. The summed E-state index contributed by atoms with van der Waals surface area (Å²) in [6, 6.07) is 5.18. The average Bonchev–Trinajstić information content (AvgIpc) is 2.05. The lowest BCUT2D eigenvalue weighted by Gasteiger charge is -1.98. The normalized spacial score (nSPS) is 11.1. The highest BCUT2D eigenvalue weighted by Crippen LogP contribution is 2.14. The van der Waals surface area contributed by atoms with Crippen molar-refractivity contribution in [1.82, 2.24) is 0 Å². The summed E-state index contributed by atoms with van der Waals surface area (Å²) in [5, 5.41) is 0.728. The fourth-order valence-electron chi connectivity index (χ4n) is 0.765. The topological polar surface area (TPSA) is 34.1 Å².